The third-order valence-electron chi connectivity index (χ3n) is 3.07. The van der Waals surface area contributed by atoms with E-state index >= 15 is 0 Å². The van der Waals surface area contributed by atoms with Gasteiger partial charge in [-0.3, -0.25) is 4.79 Å². The predicted octanol–water partition coefficient (Wildman–Crippen LogP) is 1.52. The van der Waals surface area contributed by atoms with Gasteiger partial charge in [-0.25, -0.2) is 0 Å². The molecule has 1 amide bonds. The van der Waals surface area contributed by atoms with E-state index in [0.717, 1.165) is 12.8 Å². The van der Waals surface area contributed by atoms with E-state index in [1.807, 2.05) is 0 Å². The molecule has 0 aromatic heterocycles. The van der Waals surface area contributed by atoms with Crippen molar-refractivity contribution in [1.29, 1.82) is 0 Å². The molecule has 1 aliphatic rings. The fourth-order valence-electron chi connectivity index (χ4n) is 1.98. The van der Waals surface area contributed by atoms with Crippen LogP contribution in [0.4, 0.5) is 0 Å². The normalized spacial score (nSPS) is 26.5. The van der Waals surface area contributed by atoms with Crippen molar-refractivity contribution < 1.29 is 4.79 Å². The largest absolute Gasteiger partial charge is 0.353 e. The van der Waals surface area contributed by atoms with Gasteiger partial charge in [-0.15, -0.1) is 0 Å². The topological polar surface area (TPSA) is 55.1 Å². The van der Waals surface area contributed by atoms with Gasteiger partial charge in [0.05, 0.1) is 0 Å². The Balaban J connectivity index is 2.21. The SMILES string of the molecule is CC(C)CC(CN)CC(=O)NC1CC1C. The predicted molar refractivity (Wildman–Crippen MR) is 62.3 cm³/mol. The molecule has 0 spiro atoms. The van der Waals surface area contributed by atoms with Gasteiger partial charge in [0.2, 0.25) is 5.91 Å². The smallest absolute Gasteiger partial charge is 0.220 e. The summed E-state index contributed by atoms with van der Waals surface area (Å²) in [5, 5.41) is 3.05. The molecule has 0 saturated heterocycles. The molecule has 88 valence electrons. The zero-order chi connectivity index (χ0) is 11.4. The highest BCUT2D eigenvalue weighted by Crippen LogP contribution is 2.29. The third-order valence-corrected chi connectivity index (χ3v) is 3.07. The van der Waals surface area contributed by atoms with Crippen molar-refractivity contribution in [2.24, 2.45) is 23.5 Å². The number of hydrogen-bond donors (Lipinski definition) is 2. The van der Waals surface area contributed by atoms with Gasteiger partial charge in [-0.1, -0.05) is 20.8 Å². The Hall–Kier alpha value is -0.570. The van der Waals surface area contributed by atoms with Gasteiger partial charge in [0.15, 0.2) is 0 Å². The van der Waals surface area contributed by atoms with Crippen LogP contribution in [0, 0.1) is 17.8 Å². The van der Waals surface area contributed by atoms with Crippen molar-refractivity contribution in [2.45, 2.75) is 46.1 Å². The molecule has 0 aromatic carbocycles. The molecule has 0 heterocycles. The van der Waals surface area contributed by atoms with Gasteiger partial charge in [0.25, 0.3) is 0 Å². The summed E-state index contributed by atoms with van der Waals surface area (Å²) in [7, 11) is 0. The molecule has 0 radical (unpaired) electrons. The van der Waals surface area contributed by atoms with E-state index in [1.165, 1.54) is 0 Å². The molecule has 0 bridgehead atoms. The lowest BCUT2D eigenvalue weighted by molar-refractivity contribution is -0.122. The number of nitrogens with two attached hydrogens (primary N) is 1. The van der Waals surface area contributed by atoms with Crippen LogP contribution in [-0.4, -0.2) is 18.5 Å². The third kappa shape index (κ3) is 4.65. The average Bonchev–Trinajstić information content (AvgIpc) is 2.79. The molecule has 3 nitrogen and oxygen atoms in total. The van der Waals surface area contributed by atoms with Crippen molar-refractivity contribution in [3.05, 3.63) is 0 Å². The summed E-state index contributed by atoms with van der Waals surface area (Å²) in [5.74, 6) is 1.82. The molecule has 0 aliphatic heterocycles. The summed E-state index contributed by atoms with van der Waals surface area (Å²) >= 11 is 0. The first-order valence-electron chi connectivity index (χ1n) is 6.02. The first-order chi connectivity index (χ1) is 7.02. The molecule has 3 unspecified atom stereocenters. The molecule has 3 atom stereocenters. The quantitative estimate of drug-likeness (QED) is 0.701. The average molecular weight is 212 g/mol. The molecule has 1 aliphatic carbocycles. The van der Waals surface area contributed by atoms with Crippen molar-refractivity contribution in [2.75, 3.05) is 6.54 Å². The van der Waals surface area contributed by atoms with Crippen LogP contribution in [0.1, 0.15) is 40.0 Å². The van der Waals surface area contributed by atoms with Crippen LogP contribution in [-0.2, 0) is 4.79 Å². The van der Waals surface area contributed by atoms with Gasteiger partial charge in [-0.05, 0) is 37.1 Å². The second kappa shape index (κ2) is 5.50. The molecule has 1 saturated carbocycles. The number of hydrogen-bond acceptors (Lipinski definition) is 2. The maximum absolute atomic E-state index is 11.6. The number of nitrogens with one attached hydrogen (secondary N) is 1. The number of rotatable bonds is 6. The molecule has 1 rings (SSSR count). The van der Waals surface area contributed by atoms with Gasteiger partial charge in [0, 0.05) is 12.5 Å². The number of carbonyl (C=O) groups excluding carboxylic acids is 1. The van der Waals surface area contributed by atoms with E-state index in [2.05, 4.69) is 26.1 Å². The van der Waals surface area contributed by atoms with Crippen molar-refractivity contribution in [1.82, 2.24) is 5.32 Å². The second-order valence-electron chi connectivity index (χ2n) is 5.32. The summed E-state index contributed by atoms with van der Waals surface area (Å²) in [4.78, 5) is 11.6. The Bertz CT molecular complexity index is 216. The lowest BCUT2D eigenvalue weighted by atomic mass is 9.94. The minimum Gasteiger partial charge on any atom is -0.353 e. The monoisotopic (exact) mass is 212 g/mol. The van der Waals surface area contributed by atoms with Crippen LogP contribution in [0.2, 0.25) is 0 Å². The zero-order valence-corrected chi connectivity index (χ0v) is 10.1. The van der Waals surface area contributed by atoms with Crippen LogP contribution in [0.3, 0.4) is 0 Å². The Labute approximate surface area is 92.8 Å². The fourth-order valence-corrected chi connectivity index (χ4v) is 1.98. The van der Waals surface area contributed by atoms with E-state index in [0.29, 0.717) is 36.8 Å². The Morgan fingerprint density at radius 3 is 2.53 bits per heavy atom. The van der Waals surface area contributed by atoms with E-state index in [4.69, 9.17) is 5.73 Å². The number of carbonyl (C=O) groups is 1. The summed E-state index contributed by atoms with van der Waals surface area (Å²) in [6, 6.07) is 0.440. The molecule has 3 heteroatoms. The number of amides is 1. The minimum absolute atomic E-state index is 0.181. The Morgan fingerprint density at radius 2 is 2.13 bits per heavy atom. The molecule has 3 N–H and O–H groups in total. The van der Waals surface area contributed by atoms with Crippen LogP contribution in [0.15, 0.2) is 0 Å². The molecule has 1 fully saturated rings. The van der Waals surface area contributed by atoms with Gasteiger partial charge in [0.1, 0.15) is 0 Å². The first kappa shape index (κ1) is 12.5. The van der Waals surface area contributed by atoms with E-state index in [1.54, 1.807) is 0 Å². The van der Waals surface area contributed by atoms with Crippen LogP contribution < -0.4 is 11.1 Å². The molecular weight excluding hydrogens is 188 g/mol. The zero-order valence-electron chi connectivity index (χ0n) is 10.1. The minimum atomic E-state index is 0.181. The highest BCUT2D eigenvalue weighted by atomic mass is 16.1. The van der Waals surface area contributed by atoms with Gasteiger partial charge < -0.3 is 11.1 Å². The molecule has 15 heavy (non-hydrogen) atoms. The Morgan fingerprint density at radius 1 is 1.53 bits per heavy atom. The molecular formula is C12H24N2O. The van der Waals surface area contributed by atoms with Crippen molar-refractivity contribution in [3.8, 4) is 0 Å². The fraction of sp³-hybridized carbons (Fsp3) is 0.917. The lowest BCUT2D eigenvalue weighted by Crippen LogP contribution is -2.30. The van der Waals surface area contributed by atoms with E-state index < -0.39 is 0 Å². The van der Waals surface area contributed by atoms with Crippen molar-refractivity contribution >= 4 is 5.91 Å². The highest BCUT2D eigenvalue weighted by Gasteiger charge is 2.33. The highest BCUT2D eigenvalue weighted by molar-refractivity contribution is 5.76. The summed E-state index contributed by atoms with van der Waals surface area (Å²) in [6.07, 6.45) is 2.78. The maximum atomic E-state index is 11.6. The lowest BCUT2D eigenvalue weighted by Gasteiger charge is -2.16. The summed E-state index contributed by atoms with van der Waals surface area (Å²) in [6.45, 7) is 7.12. The van der Waals surface area contributed by atoms with E-state index in [9.17, 15) is 4.79 Å². The standard InChI is InChI=1S/C12H24N2O/c1-8(2)4-10(7-13)6-12(15)14-11-5-9(11)3/h8-11H,4-7,13H2,1-3H3,(H,14,15). The maximum Gasteiger partial charge on any atom is 0.220 e. The second-order valence-corrected chi connectivity index (χ2v) is 5.32. The summed E-state index contributed by atoms with van der Waals surface area (Å²) in [5.41, 5.74) is 5.66. The van der Waals surface area contributed by atoms with Crippen molar-refractivity contribution in [3.63, 3.8) is 0 Å². The van der Waals surface area contributed by atoms with E-state index in [-0.39, 0.29) is 5.91 Å². The van der Waals surface area contributed by atoms with Gasteiger partial charge in [-0.2, -0.15) is 0 Å². The summed E-state index contributed by atoms with van der Waals surface area (Å²) < 4.78 is 0. The molecule has 0 aromatic rings. The van der Waals surface area contributed by atoms with Gasteiger partial charge >= 0.3 is 0 Å². The first-order valence-corrected chi connectivity index (χ1v) is 6.02. The van der Waals surface area contributed by atoms with Crippen LogP contribution >= 0.6 is 0 Å². The van der Waals surface area contributed by atoms with Crippen LogP contribution in [0.25, 0.3) is 0 Å². The Kier molecular flexibility index (Phi) is 4.58. The van der Waals surface area contributed by atoms with Crippen LogP contribution in [0.5, 0.6) is 0 Å².